The molecule has 9 rings (SSSR count). The van der Waals surface area contributed by atoms with E-state index < -0.39 is 62.1 Å². The zero-order valence-corrected chi connectivity index (χ0v) is 34.0. The van der Waals surface area contributed by atoms with Crippen molar-refractivity contribution in [2.45, 2.75) is 107 Å². The molecule has 3 amide bonds. The molecule has 6 atom stereocenters. The molecule has 3 aliphatic heterocycles. The van der Waals surface area contributed by atoms with Crippen molar-refractivity contribution in [2.75, 3.05) is 32.0 Å². The van der Waals surface area contributed by atoms with Crippen molar-refractivity contribution in [3.8, 4) is 5.88 Å². The van der Waals surface area contributed by atoms with Gasteiger partial charge in [0.1, 0.15) is 29.0 Å². The first-order valence-electron chi connectivity index (χ1n) is 21.0. The highest BCUT2D eigenvalue weighted by Gasteiger charge is 2.61. The number of ether oxygens (including phenoxy) is 2. The number of benzene rings is 1. The Morgan fingerprint density at radius 1 is 1.05 bits per heavy atom. The molecular weight excluding hydrogens is 759 g/mol. The van der Waals surface area contributed by atoms with E-state index in [4.69, 9.17) is 14.5 Å². The summed E-state index contributed by atoms with van der Waals surface area (Å²) in [5, 5.41) is 4.45. The molecule has 3 saturated carbocycles. The smallest absolute Gasteiger partial charge is 0.243 e. The molecular formula is C44H53N5O8S. The first kappa shape index (κ1) is 38.9. The molecule has 308 valence electrons. The molecule has 14 heteroatoms. The molecule has 1 N–H and O–H groups in total. The van der Waals surface area contributed by atoms with Crippen molar-refractivity contribution >= 4 is 55.1 Å². The van der Waals surface area contributed by atoms with Crippen LogP contribution in [0.15, 0.2) is 55.3 Å². The highest BCUT2D eigenvalue weighted by atomic mass is 32.2. The molecule has 2 aromatic heterocycles. The fourth-order valence-corrected chi connectivity index (χ4v) is 11.8. The summed E-state index contributed by atoms with van der Waals surface area (Å²) in [6.07, 6.45) is 12.7. The number of rotatable bonds is 8. The fraction of sp³-hybridized carbons (Fsp3) is 0.568. The summed E-state index contributed by atoms with van der Waals surface area (Å²) in [5.41, 5.74) is 1.20. The van der Waals surface area contributed by atoms with Gasteiger partial charge in [0.25, 0.3) is 0 Å². The van der Waals surface area contributed by atoms with Crippen LogP contribution in [0.25, 0.3) is 21.8 Å². The molecule has 3 aromatic rings. The lowest BCUT2D eigenvalue weighted by Gasteiger charge is -2.32. The van der Waals surface area contributed by atoms with Gasteiger partial charge in [0.2, 0.25) is 23.6 Å². The highest BCUT2D eigenvalue weighted by molar-refractivity contribution is 7.93. The van der Waals surface area contributed by atoms with Crippen molar-refractivity contribution in [3.05, 3.63) is 60.8 Å². The van der Waals surface area contributed by atoms with Crippen molar-refractivity contribution < 1.29 is 37.1 Å². The number of aromatic nitrogens is 2. The number of carbonyl (C=O) groups excluding carboxylic acids is 4. The van der Waals surface area contributed by atoms with E-state index in [2.05, 4.69) is 29.6 Å². The van der Waals surface area contributed by atoms with Gasteiger partial charge in [-0.25, -0.2) is 13.4 Å². The first-order valence-corrected chi connectivity index (χ1v) is 22.8. The van der Waals surface area contributed by atoms with Crippen LogP contribution in [0.2, 0.25) is 0 Å². The number of nitrogens with one attached hydrogen (secondary N) is 1. The van der Waals surface area contributed by atoms with Crippen LogP contribution in [0.3, 0.4) is 0 Å². The number of hydrogen-bond donors (Lipinski definition) is 1. The minimum absolute atomic E-state index is 0.0174. The Kier molecular flexibility index (Phi) is 10.2. The minimum Gasteiger partial charge on any atom is -0.471 e. The van der Waals surface area contributed by atoms with Crippen molar-refractivity contribution in [3.63, 3.8) is 0 Å². The van der Waals surface area contributed by atoms with Crippen molar-refractivity contribution in [1.29, 1.82) is 0 Å². The number of Topliss-reactive ketones (excluding diaryl/α,β-unsaturated/α-hetero) is 1. The number of pyridine rings is 1. The summed E-state index contributed by atoms with van der Waals surface area (Å²) in [6, 6.07) is 6.87. The van der Waals surface area contributed by atoms with E-state index in [-0.39, 0.29) is 49.6 Å². The predicted octanol–water partition coefficient (Wildman–Crippen LogP) is 4.44. The zero-order chi connectivity index (χ0) is 40.3. The average molecular weight is 812 g/mol. The largest absolute Gasteiger partial charge is 0.471 e. The summed E-state index contributed by atoms with van der Waals surface area (Å²) in [5.74, 6) is -2.80. The fourth-order valence-electron chi connectivity index (χ4n) is 10.1. The molecule has 2 saturated heterocycles. The summed E-state index contributed by atoms with van der Waals surface area (Å²) < 4.78 is 41.0. The standard InChI is InChI=1S/C44H53N5O8S/c1-3-29-22-44(29,37(50)26-58(54,55)32-14-15-32)46-41(52)36-20-31-25-49(36)43(53)34(28-10-4-5-11-28)21-38(51)47-18-16-30(24-47)56-19-9-8-17-48-23-27(2)39-33-12-6-7-13-35(33)45-42(57-31)40(39)48/h3,6-9,12-13,23,28-32,34,36H,1,4-5,10-11,14-22,24-26H2,2H3,(H,46,52)/b9-8+/t29-,30+,31-,34+,36+,44-/m1/s1. The number of para-hydroxylation sites is 1. The van der Waals surface area contributed by atoms with Crippen LogP contribution >= 0.6 is 0 Å². The SMILES string of the molecule is C=C[C@@H]1C[C@]1(NC(=O)[C@@H]1C[C@@H]2CN1C(=O)[C@H](C1CCCC1)CC(=O)N1CC[C@@H](C1)OC/C=C/Cn1cc(C)c3c4ccccc4nc(c31)O2)C(=O)CS(=O)(=O)C1CC1. The van der Waals surface area contributed by atoms with Gasteiger partial charge in [0, 0.05) is 61.3 Å². The molecule has 0 radical (unpaired) electrons. The number of fused-ring (bicyclic) bond motifs is 6. The van der Waals surface area contributed by atoms with E-state index in [1.807, 2.05) is 36.4 Å². The molecule has 0 spiro atoms. The molecule has 3 aliphatic carbocycles. The van der Waals surface area contributed by atoms with Crippen LogP contribution in [-0.4, -0.2) is 112 Å². The third-order valence-electron chi connectivity index (χ3n) is 13.6. The van der Waals surface area contributed by atoms with Crippen molar-refractivity contribution in [2.24, 2.45) is 17.8 Å². The molecule has 58 heavy (non-hydrogen) atoms. The van der Waals surface area contributed by atoms with Gasteiger partial charge in [-0.15, -0.1) is 6.58 Å². The number of ketones is 1. The number of allylic oxidation sites excluding steroid dienone is 1. The van der Waals surface area contributed by atoms with E-state index in [0.29, 0.717) is 51.4 Å². The van der Waals surface area contributed by atoms with Crippen LogP contribution in [0.4, 0.5) is 0 Å². The summed E-state index contributed by atoms with van der Waals surface area (Å²) in [7, 11) is -3.64. The Hall–Kier alpha value is -4.56. The maximum Gasteiger partial charge on any atom is 0.243 e. The number of nitrogens with zero attached hydrogens (tertiary/aromatic N) is 4. The van der Waals surface area contributed by atoms with E-state index in [9.17, 15) is 22.8 Å². The second-order valence-electron chi connectivity index (χ2n) is 17.5. The molecule has 5 heterocycles. The molecule has 13 nitrogen and oxygen atoms in total. The van der Waals surface area contributed by atoms with Gasteiger partial charge in [-0.3, -0.25) is 19.2 Å². The second-order valence-corrected chi connectivity index (χ2v) is 19.7. The molecule has 0 unspecified atom stereocenters. The van der Waals surface area contributed by atoms with E-state index >= 15 is 4.79 Å². The van der Waals surface area contributed by atoms with Crippen LogP contribution in [0.1, 0.15) is 69.8 Å². The quantitative estimate of drug-likeness (QED) is 0.325. The van der Waals surface area contributed by atoms with Crippen LogP contribution in [-0.2, 0) is 40.3 Å². The number of sulfone groups is 1. The monoisotopic (exact) mass is 811 g/mol. The highest BCUT2D eigenvalue weighted by Crippen LogP contribution is 2.47. The maximum absolute atomic E-state index is 15.1. The zero-order valence-electron chi connectivity index (χ0n) is 33.1. The second kappa shape index (κ2) is 15.2. The first-order chi connectivity index (χ1) is 28.0. The maximum atomic E-state index is 15.1. The molecule has 6 aliphatic rings. The lowest BCUT2D eigenvalue weighted by molar-refractivity contribution is -0.146. The Bertz CT molecular complexity index is 2310. The van der Waals surface area contributed by atoms with Gasteiger partial charge in [-0.2, -0.15) is 0 Å². The van der Waals surface area contributed by atoms with Crippen LogP contribution in [0.5, 0.6) is 5.88 Å². The number of aryl methyl sites for hydroxylation is 1. The molecule has 5 fully saturated rings. The normalized spacial score (nSPS) is 30.2. The van der Waals surface area contributed by atoms with Gasteiger partial charge in [0.05, 0.1) is 30.0 Å². The Labute approximate surface area is 339 Å². The van der Waals surface area contributed by atoms with E-state index in [1.165, 1.54) is 0 Å². The van der Waals surface area contributed by atoms with Gasteiger partial charge in [0.15, 0.2) is 15.6 Å². The van der Waals surface area contributed by atoms with Gasteiger partial charge >= 0.3 is 0 Å². The third kappa shape index (κ3) is 7.24. The van der Waals surface area contributed by atoms with Crippen molar-refractivity contribution in [1.82, 2.24) is 24.7 Å². The topological polar surface area (TPSA) is 157 Å². The summed E-state index contributed by atoms with van der Waals surface area (Å²) in [4.78, 5) is 65.9. The Morgan fingerprint density at radius 3 is 2.60 bits per heavy atom. The van der Waals surface area contributed by atoms with Gasteiger partial charge in [-0.1, -0.05) is 49.3 Å². The Balaban J connectivity index is 1.09. The van der Waals surface area contributed by atoms with Gasteiger partial charge < -0.3 is 29.2 Å². The number of carbonyl (C=O) groups is 4. The van der Waals surface area contributed by atoms with E-state index in [1.54, 1.807) is 15.9 Å². The number of hydrogen-bond acceptors (Lipinski definition) is 9. The van der Waals surface area contributed by atoms with Crippen LogP contribution < -0.4 is 10.1 Å². The van der Waals surface area contributed by atoms with Crippen LogP contribution in [0, 0.1) is 24.7 Å². The average Bonchev–Trinajstić information content (AvgIpc) is 3.88. The minimum atomic E-state index is -3.64. The summed E-state index contributed by atoms with van der Waals surface area (Å²) >= 11 is 0. The lowest BCUT2D eigenvalue weighted by Crippen LogP contribution is -2.55. The lowest BCUT2D eigenvalue weighted by atomic mass is 9.86. The van der Waals surface area contributed by atoms with Gasteiger partial charge in [-0.05, 0) is 63.0 Å². The number of amides is 3. The predicted molar refractivity (Wildman–Crippen MR) is 218 cm³/mol. The third-order valence-corrected chi connectivity index (χ3v) is 15.7. The molecule has 1 aromatic carbocycles. The van der Waals surface area contributed by atoms with E-state index in [0.717, 1.165) is 53.1 Å². The summed E-state index contributed by atoms with van der Waals surface area (Å²) in [6.45, 7) is 7.96. The Morgan fingerprint density at radius 2 is 1.84 bits per heavy atom. The molecule has 4 bridgehead atoms.